The van der Waals surface area contributed by atoms with Crippen molar-refractivity contribution in [2.45, 2.75) is 13.5 Å². The molecule has 0 heterocycles. The minimum Gasteiger partial charge on any atom is -0.489 e. The number of nitrogens with one attached hydrogen (secondary N) is 1. The first-order valence-corrected chi connectivity index (χ1v) is 10.3. The van der Waals surface area contributed by atoms with E-state index < -0.39 is 5.91 Å². The van der Waals surface area contributed by atoms with Crippen molar-refractivity contribution in [3.8, 4) is 11.8 Å². The van der Waals surface area contributed by atoms with Crippen LogP contribution in [0.3, 0.4) is 0 Å². The maximum absolute atomic E-state index is 12.4. The number of rotatable bonds is 6. The minimum absolute atomic E-state index is 0.0267. The predicted molar refractivity (Wildman–Crippen MR) is 126 cm³/mol. The molecule has 7 heteroatoms. The first-order chi connectivity index (χ1) is 14.9. The molecular weight excluding hydrogens is 455 g/mol. The molecule has 0 radical (unpaired) electrons. The molecule has 1 amide bonds. The molecular formula is C24H17Cl3N2O2. The summed E-state index contributed by atoms with van der Waals surface area (Å²) in [6.45, 7) is 2.20. The summed E-state index contributed by atoms with van der Waals surface area (Å²) in [4.78, 5) is 12.4. The van der Waals surface area contributed by atoms with Gasteiger partial charge in [0.05, 0.1) is 10.0 Å². The van der Waals surface area contributed by atoms with Gasteiger partial charge in [0, 0.05) is 10.7 Å². The highest BCUT2D eigenvalue weighted by molar-refractivity contribution is 6.42. The van der Waals surface area contributed by atoms with E-state index in [0.29, 0.717) is 38.7 Å². The number of carbonyl (C=O) groups excluding carboxylic acids is 1. The van der Waals surface area contributed by atoms with Crippen LogP contribution in [0.4, 0.5) is 5.69 Å². The average molecular weight is 472 g/mol. The summed E-state index contributed by atoms with van der Waals surface area (Å²) in [6.07, 6.45) is 1.51. The first-order valence-electron chi connectivity index (χ1n) is 9.22. The van der Waals surface area contributed by atoms with Crippen molar-refractivity contribution in [3.63, 3.8) is 0 Å². The van der Waals surface area contributed by atoms with Crippen molar-refractivity contribution in [1.29, 1.82) is 5.26 Å². The van der Waals surface area contributed by atoms with Gasteiger partial charge in [-0.1, -0.05) is 59.1 Å². The quantitative estimate of drug-likeness (QED) is 0.308. The SMILES string of the molecule is Cc1ccc(NC(=O)/C(C#N)=C\c2ccc(OCc3ccc(Cl)c(Cl)c3)cc2)cc1Cl. The third kappa shape index (κ3) is 6.26. The van der Waals surface area contributed by atoms with Crippen molar-refractivity contribution in [1.82, 2.24) is 0 Å². The number of benzene rings is 3. The third-order valence-corrected chi connectivity index (χ3v) is 5.52. The van der Waals surface area contributed by atoms with Crippen LogP contribution in [0.15, 0.2) is 66.2 Å². The van der Waals surface area contributed by atoms with Crippen LogP contribution in [-0.2, 0) is 11.4 Å². The molecule has 0 aliphatic rings. The van der Waals surface area contributed by atoms with Gasteiger partial charge in [0.15, 0.2) is 0 Å². The van der Waals surface area contributed by atoms with E-state index >= 15 is 0 Å². The second kappa shape index (κ2) is 10.4. The number of hydrogen-bond acceptors (Lipinski definition) is 3. The lowest BCUT2D eigenvalue weighted by molar-refractivity contribution is -0.112. The fourth-order valence-corrected chi connectivity index (χ4v) is 3.14. The molecule has 0 spiro atoms. The Hall–Kier alpha value is -2.97. The van der Waals surface area contributed by atoms with Crippen molar-refractivity contribution >= 4 is 52.5 Å². The molecule has 4 nitrogen and oxygen atoms in total. The zero-order chi connectivity index (χ0) is 22.4. The highest BCUT2D eigenvalue weighted by Gasteiger charge is 2.10. The second-order valence-electron chi connectivity index (χ2n) is 6.69. The number of hydrogen-bond donors (Lipinski definition) is 1. The molecule has 0 fully saturated rings. The lowest BCUT2D eigenvalue weighted by Gasteiger charge is -2.08. The maximum Gasteiger partial charge on any atom is 0.266 e. The lowest BCUT2D eigenvalue weighted by Crippen LogP contribution is -2.13. The number of carbonyl (C=O) groups is 1. The zero-order valence-corrected chi connectivity index (χ0v) is 18.7. The average Bonchev–Trinajstić information content (AvgIpc) is 2.76. The van der Waals surface area contributed by atoms with E-state index in [2.05, 4.69) is 5.32 Å². The topological polar surface area (TPSA) is 62.1 Å². The Labute approximate surface area is 195 Å². The number of nitrogens with zero attached hydrogens (tertiary/aromatic N) is 1. The van der Waals surface area contributed by atoms with Gasteiger partial charge in [0.2, 0.25) is 0 Å². The molecule has 0 aliphatic heterocycles. The standard InChI is InChI=1S/C24H17Cl3N2O2/c1-15-2-6-19(12-22(15)26)29-24(30)18(13-28)10-16-3-7-20(8-4-16)31-14-17-5-9-21(25)23(27)11-17/h2-12H,14H2,1H3,(H,29,30)/b18-10-. The van der Waals surface area contributed by atoms with E-state index in [1.54, 1.807) is 54.6 Å². The van der Waals surface area contributed by atoms with E-state index in [1.807, 2.05) is 19.1 Å². The van der Waals surface area contributed by atoms with Crippen molar-refractivity contribution in [3.05, 3.63) is 98.0 Å². The van der Waals surface area contributed by atoms with E-state index in [0.717, 1.165) is 11.1 Å². The van der Waals surface area contributed by atoms with Crippen molar-refractivity contribution < 1.29 is 9.53 Å². The first kappa shape index (κ1) is 22.7. The molecule has 31 heavy (non-hydrogen) atoms. The Morgan fingerprint density at radius 2 is 1.74 bits per heavy atom. The van der Waals surface area contributed by atoms with Gasteiger partial charge in [-0.3, -0.25) is 4.79 Å². The summed E-state index contributed by atoms with van der Waals surface area (Å²) >= 11 is 18.0. The fourth-order valence-electron chi connectivity index (χ4n) is 2.64. The molecule has 0 bridgehead atoms. The van der Waals surface area contributed by atoms with Crippen LogP contribution in [0.1, 0.15) is 16.7 Å². The molecule has 0 aliphatic carbocycles. The Kier molecular flexibility index (Phi) is 7.59. The van der Waals surface area contributed by atoms with Crippen molar-refractivity contribution in [2.75, 3.05) is 5.32 Å². The molecule has 156 valence electrons. The molecule has 3 aromatic carbocycles. The largest absolute Gasteiger partial charge is 0.489 e. The van der Waals surface area contributed by atoms with Gasteiger partial charge >= 0.3 is 0 Å². The van der Waals surface area contributed by atoms with Crippen LogP contribution in [0.2, 0.25) is 15.1 Å². The highest BCUT2D eigenvalue weighted by atomic mass is 35.5. The van der Waals surface area contributed by atoms with Gasteiger partial charge in [-0.15, -0.1) is 0 Å². The van der Waals surface area contributed by atoms with Gasteiger partial charge in [0.25, 0.3) is 5.91 Å². The van der Waals surface area contributed by atoms with E-state index in [-0.39, 0.29) is 5.57 Å². The summed E-state index contributed by atoms with van der Waals surface area (Å²) in [7, 11) is 0. The lowest BCUT2D eigenvalue weighted by atomic mass is 10.1. The summed E-state index contributed by atoms with van der Waals surface area (Å²) in [5.74, 6) is 0.128. The number of ether oxygens (including phenoxy) is 1. The van der Waals surface area contributed by atoms with Gasteiger partial charge < -0.3 is 10.1 Å². The second-order valence-corrected chi connectivity index (χ2v) is 7.92. The smallest absolute Gasteiger partial charge is 0.266 e. The van der Waals surface area contributed by atoms with Crippen LogP contribution in [0.25, 0.3) is 6.08 Å². The van der Waals surface area contributed by atoms with E-state index in [9.17, 15) is 10.1 Å². The monoisotopic (exact) mass is 470 g/mol. The summed E-state index contributed by atoms with van der Waals surface area (Å²) in [5.41, 5.74) is 2.97. The van der Waals surface area contributed by atoms with Gasteiger partial charge in [-0.25, -0.2) is 0 Å². The van der Waals surface area contributed by atoms with E-state index in [4.69, 9.17) is 39.5 Å². The van der Waals surface area contributed by atoms with Crippen LogP contribution in [0.5, 0.6) is 5.75 Å². The molecule has 1 N–H and O–H groups in total. The Bertz CT molecular complexity index is 1180. The molecule has 0 aromatic heterocycles. The summed E-state index contributed by atoms with van der Waals surface area (Å²) in [5, 5.41) is 13.6. The maximum atomic E-state index is 12.4. The molecule has 3 rings (SSSR count). The van der Waals surface area contributed by atoms with Crippen molar-refractivity contribution in [2.24, 2.45) is 0 Å². The Morgan fingerprint density at radius 1 is 1.00 bits per heavy atom. The van der Waals surface area contributed by atoms with Gasteiger partial charge in [-0.05, 0) is 66.1 Å². The van der Waals surface area contributed by atoms with Crippen LogP contribution in [-0.4, -0.2) is 5.91 Å². The summed E-state index contributed by atoms with van der Waals surface area (Å²) < 4.78 is 5.74. The Morgan fingerprint density at radius 3 is 2.39 bits per heavy atom. The highest BCUT2D eigenvalue weighted by Crippen LogP contribution is 2.24. The fraction of sp³-hybridized carbons (Fsp3) is 0.0833. The molecule has 0 unspecified atom stereocenters. The van der Waals surface area contributed by atoms with Crippen LogP contribution < -0.4 is 10.1 Å². The van der Waals surface area contributed by atoms with E-state index in [1.165, 1.54) is 6.08 Å². The third-order valence-electron chi connectivity index (χ3n) is 4.38. The number of anilines is 1. The number of halogens is 3. The molecule has 3 aromatic rings. The molecule has 0 saturated heterocycles. The number of nitriles is 1. The van der Waals surface area contributed by atoms with Gasteiger partial charge in [0.1, 0.15) is 24.0 Å². The normalized spacial score (nSPS) is 11.0. The van der Waals surface area contributed by atoms with Crippen LogP contribution >= 0.6 is 34.8 Å². The van der Waals surface area contributed by atoms with Crippen LogP contribution in [0, 0.1) is 18.3 Å². The predicted octanol–water partition coefficient (Wildman–Crippen LogP) is 7.08. The number of aryl methyl sites for hydroxylation is 1. The number of amides is 1. The Balaban J connectivity index is 1.65. The zero-order valence-electron chi connectivity index (χ0n) is 16.5. The van der Waals surface area contributed by atoms with Gasteiger partial charge in [-0.2, -0.15) is 5.26 Å². The molecule has 0 saturated carbocycles. The summed E-state index contributed by atoms with van der Waals surface area (Å²) in [6, 6.07) is 19.4. The molecule has 0 atom stereocenters. The minimum atomic E-state index is -0.512.